The fourth-order valence-corrected chi connectivity index (χ4v) is 2.17. The first-order chi connectivity index (χ1) is 7.65. The molecule has 1 aromatic heterocycles. The Hall–Kier alpha value is -0.940. The normalized spacial score (nSPS) is 24.6. The van der Waals surface area contributed by atoms with Crippen molar-refractivity contribution in [2.24, 2.45) is 5.73 Å². The van der Waals surface area contributed by atoms with Gasteiger partial charge < -0.3 is 15.2 Å². The molecule has 1 fully saturated rings. The number of likely N-dealkylation sites (N-methyl/N-ethyl adjacent to an activating group) is 1. The van der Waals surface area contributed by atoms with E-state index in [1.165, 1.54) is 13.0 Å². The van der Waals surface area contributed by atoms with Crippen molar-refractivity contribution < 1.29 is 4.52 Å². The van der Waals surface area contributed by atoms with Gasteiger partial charge in [-0.25, -0.2) is 0 Å². The second kappa shape index (κ2) is 4.93. The highest BCUT2D eigenvalue weighted by Crippen LogP contribution is 2.23. The fraction of sp³-hybridized carbons (Fsp3) is 0.818. The van der Waals surface area contributed by atoms with Gasteiger partial charge in [-0.1, -0.05) is 5.16 Å². The monoisotopic (exact) mass is 224 g/mol. The molecule has 2 atom stereocenters. The number of hydrogen-bond acceptors (Lipinski definition) is 5. The highest BCUT2D eigenvalue weighted by molar-refractivity contribution is 4.99. The molecule has 0 aromatic carbocycles. The van der Waals surface area contributed by atoms with Crippen LogP contribution in [-0.4, -0.2) is 41.2 Å². The van der Waals surface area contributed by atoms with E-state index in [4.69, 9.17) is 10.3 Å². The van der Waals surface area contributed by atoms with Crippen LogP contribution in [0.25, 0.3) is 0 Å². The van der Waals surface area contributed by atoms with Gasteiger partial charge in [-0.15, -0.1) is 0 Å². The predicted molar refractivity (Wildman–Crippen MR) is 61.1 cm³/mol. The van der Waals surface area contributed by atoms with E-state index in [1.54, 1.807) is 0 Å². The minimum absolute atomic E-state index is 0.0716. The van der Waals surface area contributed by atoms with Crippen LogP contribution in [0.3, 0.4) is 0 Å². The molecule has 0 saturated carbocycles. The molecule has 0 spiro atoms. The lowest BCUT2D eigenvalue weighted by atomic mass is 9.98. The lowest BCUT2D eigenvalue weighted by molar-refractivity contribution is 0.242. The Bertz CT molecular complexity index is 336. The van der Waals surface area contributed by atoms with E-state index in [2.05, 4.69) is 22.1 Å². The molecule has 5 nitrogen and oxygen atoms in total. The van der Waals surface area contributed by atoms with Crippen LogP contribution in [-0.2, 0) is 6.42 Å². The summed E-state index contributed by atoms with van der Waals surface area (Å²) in [5, 5.41) is 4.06. The van der Waals surface area contributed by atoms with E-state index in [-0.39, 0.29) is 6.04 Å². The largest absolute Gasteiger partial charge is 0.339 e. The van der Waals surface area contributed by atoms with Crippen molar-refractivity contribution in [3.63, 3.8) is 0 Å². The number of piperidine rings is 1. The fourth-order valence-electron chi connectivity index (χ4n) is 2.17. The van der Waals surface area contributed by atoms with Gasteiger partial charge in [-0.05, 0) is 33.4 Å². The summed E-state index contributed by atoms with van der Waals surface area (Å²) < 4.78 is 5.20. The molecule has 1 saturated heterocycles. The number of aromatic nitrogens is 2. The Morgan fingerprint density at radius 3 is 3.12 bits per heavy atom. The van der Waals surface area contributed by atoms with E-state index in [9.17, 15) is 0 Å². The van der Waals surface area contributed by atoms with Crippen molar-refractivity contribution >= 4 is 0 Å². The molecule has 1 aromatic rings. The molecule has 0 bridgehead atoms. The van der Waals surface area contributed by atoms with E-state index >= 15 is 0 Å². The van der Waals surface area contributed by atoms with E-state index in [1.807, 2.05) is 6.92 Å². The van der Waals surface area contributed by atoms with Gasteiger partial charge >= 0.3 is 0 Å². The van der Waals surface area contributed by atoms with Crippen LogP contribution in [0.5, 0.6) is 0 Å². The predicted octanol–water partition coefficient (Wildman–Crippen LogP) is 0.768. The molecule has 1 aliphatic heterocycles. The van der Waals surface area contributed by atoms with Crippen LogP contribution < -0.4 is 5.73 Å². The lowest BCUT2D eigenvalue weighted by Gasteiger charge is -2.27. The van der Waals surface area contributed by atoms with Crippen LogP contribution in [0, 0.1) is 0 Å². The van der Waals surface area contributed by atoms with Crippen molar-refractivity contribution in [1.29, 1.82) is 0 Å². The van der Waals surface area contributed by atoms with Crippen molar-refractivity contribution in [1.82, 2.24) is 15.0 Å². The van der Waals surface area contributed by atoms with Gasteiger partial charge in [-0.2, -0.15) is 4.98 Å². The van der Waals surface area contributed by atoms with E-state index in [0.29, 0.717) is 18.2 Å². The third kappa shape index (κ3) is 2.80. The van der Waals surface area contributed by atoms with Crippen molar-refractivity contribution in [2.45, 2.75) is 38.1 Å². The molecule has 2 rings (SSSR count). The number of hydrogen-bond donors (Lipinski definition) is 1. The molecule has 90 valence electrons. The standard InChI is InChI=1S/C11H20N4O/c1-8(12)6-10-13-11(14-16-10)9-4-3-5-15(2)7-9/h8-9H,3-7,12H2,1-2H3. The summed E-state index contributed by atoms with van der Waals surface area (Å²) in [5.74, 6) is 1.93. The summed E-state index contributed by atoms with van der Waals surface area (Å²) in [5.41, 5.74) is 5.70. The van der Waals surface area contributed by atoms with Gasteiger partial charge in [0.05, 0.1) is 0 Å². The Morgan fingerprint density at radius 2 is 2.44 bits per heavy atom. The second-order valence-electron chi connectivity index (χ2n) is 4.83. The SMILES string of the molecule is CC(N)Cc1nc(C2CCCN(C)C2)no1. The number of rotatable bonds is 3. The minimum Gasteiger partial charge on any atom is -0.339 e. The molecule has 1 aliphatic rings. The lowest BCUT2D eigenvalue weighted by Crippen LogP contribution is -2.31. The molecule has 2 heterocycles. The van der Waals surface area contributed by atoms with Gasteiger partial charge in [0.25, 0.3) is 0 Å². The molecular weight excluding hydrogens is 204 g/mol. The maximum atomic E-state index is 5.70. The van der Waals surface area contributed by atoms with Crippen LogP contribution in [0.2, 0.25) is 0 Å². The van der Waals surface area contributed by atoms with Gasteiger partial charge in [0.15, 0.2) is 5.82 Å². The molecule has 0 amide bonds. The molecule has 16 heavy (non-hydrogen) atoms. The Morgan fingerprint density at radius 1 is 1.62 bits per heavy atom. The van der Waals surface area contributed by atoms with Gasteiger partial charge in [-0.3, -0.25) is 0 Å². The summed E-state index contributed by atoms with van der Waals surface area (Å²) in [6.45, 7) is 4.14. The zero-order valence-corrected chi connectivity index (χ0v) is 10.0. The third-order valence-corrected chi connectivity index (χ3v) is 2.97. The maximum absolute atomic E-state index is 5.70. The highest BCUT2D eigenvalue weighted by atomic mass is 16.5. The van der Waals surface area contributed by atoms with Gasteiger partial charge in [0, 0.05) is 24.9 Å². The second-order valence-corrected chi connectivity index (χ2v) is 4.83. The molecular formula is C11H20N4O. The number of likely N-dealkylation sites (tertiary alicyclic amines) is 1. The Kier molecular flexibility index (Phi) is 3.56. The number of nitrogens with zero attached hydrogens (tertiary/aromatic N) is 3. The Labute approximate surface area is 96.0 Å². The average Bonchev–Trinajstić information content (AvgIpc) is 2.65. The topological polar surface area (TPSA) is 68.2 Å². The van der Waals surface area contributed by atoms with Crippen molar-refractivity contribution in [3.05, 3.63) is 11.7 Å². The van der Waals surface area contributed by atoms with Gasteiger partial charge in [0.2, 0.25) is 5.89 Å². The summed E-state index contributed by atoms with van der Waals surface area (Å²) in [6.07, 6.45) is 3.02. The average molecular weight is 224 g/mol. The Balaban J connectivity index is 2.00. The quantitative estimate of drug-likeness (QED) is 0.821. The first-order valence-corrected chi connectivity index (χ1v) is 5.91. The summed E-state index contributed by atoms with van der Waals surface area (Å²) >= 11 is 0. The third-order valence-electron chi connectivity index (χ3n) is 2.97. The summed E-state index contributed by atoms with van der Waals surface area (Å²) in [4.78, 5) is 6.74. The van der Waals surface area contributed by atoms with Crippen LogP contribution >= 0.6 is 0 Å². The van der Waals surface area contributed by atoms with Crippen molar-refractivity contribution in [3.8, 4) is 0 Å². The summed E-state index contributed by atoms with van der Waals surface area (Å²) in [7, 11) is 2.13. The minimum atomic E-state index is 0.0716. The first kappa shape index (κ1) is 11.5. The number of nitrogens with two attached hydrogens (primary N) is 1. The molecule has 0 aliphatic carbocycles. The van der Waals surface area contributed by atoms with Crippen LogP contribution in [0.15, 0.2) is 4.52 Å². The summed E-state index contributed by atoms with van der Waals surface area (Å²) in [6, 6.07) is 0.0716. The van der Waals surface area contributed by atoms with Crippen LogP contribution in [0.1, 0.15) is 37.4 Å². The smallest absolute Gasteiger partial charge is 0.228 e. The first-order valence-electron chi connectivity index (χ1n) is 5.91. The molecule has 0 radical (unpaired) electrons. The highest BCUT2D eigenvalue weighted by Gasteiger charge is 2.23. The molecule has 2 unspecified atom stereocenters. The zero-order valence-electron chi connectivity index (χ0n) is 10.0. The van der Waals surface area contributed by atoms with E-state index < -0.39 is 0 Å². The van der Waals surface area contributed by atoms with Gasteiger partial charge in [0.1, 0.15) is 0 Å². The molecule has 5 heteroatoms. The van der Waals surface area contributed by atoms with Crippen LogP contribution in [0.4, 0.5) is 0 Å². The van der Waals surface area contributed by atoms with Crippen molar-refractivity contribution in [2.75, 3.05) is 20.1 Å². The van der Waals surface area contributed by atoms with E-state index in [0.717, 1.165) is 18.8 Å². The maximum Gasteiger partial charge on any atom is 0.228 e. The molecule has 2 N–H and O–H groups in total. The zero-order chi connectivity index (χ0) is 11.5.